The van der Waals surface area contributed by atoms with Crippen molar-refractivity contribution < 1.29 is 33.4 Å². The maximum Gasteiger partial charge on any atom is 0.251 e. The molecule has 68 heavy (non-hydrogen) atoms. The maximum atomic E-state index is 14.8. The summed E-state index contributed by atoms with van der Waals surface area (Å²) in [6, 6.07) is 22.4. The number of hydrogen-bond acceptors (Lipinski definition) is 13. The molecule has 5 aromatic rings. The maximum absolute atomic E-state index is 14.8. The van der Waals surface area contributed by atoms with Crippen LogP contribution in [-0.2, 0) is 38.6 Å². The van der Waals surface area contributed by atoms with E-state index >= 15 is 0 Å². The first-order valence-electron chi connectivity index (χ1n) is 23.0. The standard InChI is InChI=1S/C49H62N12O7/c1-3-4-7-31-9-12-33(13-10-31)34-14-16-35(17-15-34)46(63)56-39(8-5-6-21-50)49(66)61(2)45-36-18-20-42(68-25-23-52)38(28-36)37-26-32(11-19-41(37)67-24-22-51)27-40(55-44(62)30-54-48(45)65)47(64)53-29-43-57-59-60-58-43/h9-20,26,28,39-40,45H,3-8,21-25,27,29-30,50-52H2,1-2H3,(H,53,64)(H,54,65)(H,55,62)(H,56,63)(H,57,58,59,60)/t39-,40-,45-/m0/s1. The van der Waals surface area contributed by atoms with Gasteiger partial charge in [-0.05, 0) is 103 Å². The summed E-state index contributed by atoms with van der Waals surface area (Å²) < 4.78 is 12.3. The number of ether oxygens (including phenoxy) is 2. The molecule has 0 spiro atoms. The highest BCUT2D eigenvalue weighted by molar-refractivity contribution is 5.99. The molecule has 0 saturated heterocycles. The Morgan fingerprint density at radius 1 is 0.838 bits per heavy atom. The molecule has 3 atom stereocenters. The van der Waals surface area contributed by atoms with Crippen LogP contribution in [0.2, 0.25) is 0 Å². The van der Waals surface area contributed by atoms with Crippen molar-refractivity contribution in [2.45, 2.75) is 76.5 Å². The Kier molecular flexibility index (Phi) is 18.5. The number of likely N-dealkylation sites (N-methyl/N-ethyl adjacent to an activating group) is 1. The normalized spacial score (nSPS) is 15.2. The van der Waals surface area contributed by atoms with Gasteiger partial charge in [0.15, 0.2) is 5.82 Å². The Bertz CT molecular complexity index is 2470. The Morgan fingerprint density at radius 2 is 1.51 bits per heavy atom. The average Bonchev–Trinajstić information content (AvgIpc) is 3.89. The summed E-state index contributed by atoms with van der Waals surface area (Å²) in [5, 5.41) is 24.7. The second-order valence-electron chi connectivity index (χ2n) is 16.5. The number of nitrogens with zero attached hydrogens (tertiary/aromatic N) is 4. The number of carbonyl (C=O) groups excluding carboxylic acids is 5. The molecule has 2 heterocycles. The van der Waals surface area contributed by atoms with Crippen molar-refractivity contribution in [3.63, 3.8) is 0 Å². The van der Waals surface area contributed by atoms with Crippen molar-refractivity contribution in [2.24, 2.45) is 17.2 Å². The quantitative estimate of drug-likeness (QED) is 0.0492. The van der Waals surface area contributed by atoms with Crippen molar-refractivity contribution in [3.05, 3.63) is 113 Å². The second kappa shape index (κ2) is 25.1. The third kappa shape index (κ3) is 13.5. The van der Waals surface area contributed by atoms with Crippen LogP contribution in [-0.4, -0.2) is 114 Å². The Hall–Kier alpha value is -7.22. The topological polar surface area (TPSA) is 288 Å². The van der Waals surface area contributed by atoms with Gasteiger partial charge in [0.25, 0.3) is 5.91 Å². The van der Waals surface area contributed by atoms with Gasteiger partial charge in [0.1, 0.15) is 42.8 Å². The zero-order valence-electron chi connectivity index (χ0n) is 38.6. The Morgan fingerprint density at radius 3 is 2.16 bits per heavy atom. The SMILES string of the molecule is CCCCc1ccc(-c2ccc(C(=O)N[C@@H](CCCCN)C(=O)N(C)[C@@H]3C(=O)NCC(=O)N[C@H](C(=O)NCc4nn[nH]n4)Cc4ccc(OCCN)c(c4)-c4cc3ccc4OCCN)cc2)cc1. The molecule has 4 aromatic carbocycles. The van der Waals surface area contributed by atoms with Crippen LogP contribution in [0.15, 0.2) is 84.9 Å². The van der Waals surface area contributed by atoms with E-state index in [4.69, 9.17) is 26.7 Å². The van der Waals surface area contributed by atoms with Gasteiger partial charge in [0.2, 0.25) is 23.6 Å². The molecule has 19 heteroatoms. The van der Waals surface area contributed by atoms with Crippen molar-refractivity contribution in [2.75, 3.05) is 46.4 Å². The van der Waals surface area contributed by atoms with E-state index in [1.54, 1.807) is 48.5 Å². The lowest BCUT2D eigenvalue weighted by atomic mass is 9.93. The number of aryl methyl sites for hydroxylation is 1. The third-order valence-electron chi connectivity index (χ3n) is 11.5. The van der Waals surface area contributed by atoms with Gasteiger partial charge in [-0.2, -0.15) is 5.21 Å². The van der Waals surface area contributed by atoms with Gasteiger partial charge in [0.05, 0.1) is 13.1 Å². The Labute approximate surface area is 395 Å². The zero-order valence-corrected chi connectivity index (χ0v) is 38.6. The van der Waals surface area contributed by atoms with E-state index in [9.17, 15) is 24.0 Å². The molecule has 5 amide bonds. The number of unbranched alkanes of at least 4 members (excludes halogenated alkanes) is 2. The highest BCUT2D eigenvalue weighted by Gasteiger charge is 2.35. The van der Waals surface area contributed by atoms with E-state index in [2.05, 4.69) is 73.1 Å². The number of hydrogen-bond donors (Lipinski definition) is 8. The molecule has 6 rings (SSSR count). The number of H-pyrrole nitrogens is 1. The van der Waals surface area contributed by atoms with Gasteiger partial charge in [-0.15, -0.1) is 10.2 Å². The molecule has 0 fully saturated rings. The lowest BCUT2D eigenvalue weighted by Gasteiger charge is -2.32. The molecule has 0 saturated carbocycles. The van der Waals surface area contributed by atoms with Gasteiger partial charge < -0.3 is 52.8 Å². The van der Waals surface area contributed by atoms with Crippen molar-refractivity contribution in [3.8, 4) is 33.8 Å². The van der Waals surface area contributed by atoms with Crippen LogP contribution in [0.3, 0.4) is 0 Å². The molecule has 1 aliphatic rings. The fourth-order valence-electron chi connectivity index (χ4n) is 7.91. The lowest BCUT2D eigenvalue weighted by Crippen LogP contribution is -2.53. The third-order valence-corrected chi connectivity index (χ3v) is 11.5. The molecule has 1 aliphatic heterocycles. The van der Waals surface area contributed by atoms with Crippen LogP contribution >= 0.6 is 0 Å². The second-order valence-corrected chi connectivity index (χ2v) is 16.5. The molecule has 11 N–H and O–H groups in total. The number of tetrazole rings is 1. The summed E-state index contributed by atoms with van der Waals surface area (Å²) in [7, 11) is 1.47. The average molecular weight is 931 g/mol. The van der Waals surface area contributed by atoms with Crippen molar-refractivity contribution in [1.29, 1.82) is 0 Å². The molecular weight excluding hydrogens is 869 g/mol. The smallest absolute Gasteiger partial charge is 0.251 e. The number of fused-ring (bicyclic) bond motifs is 5. The summed E-state index contributed by atoms with van der Waals surface area (Å²) >= 11 is 0. The minimum Gasteiger partial charge on any atom is -0.492 e. The number of benzene rings is 4. The van der Waals surface area contributed by atoms with Gasteiger partial charge in [-0.3, -0.25) is 24.0 Å². The molecule has 1 aromatic heterocycles. The van der Waals surface area contributed by atoms with E-state index in [-0.39, 0.29) is 51.5 Å². The first-order valence-corrected chi connectivity index (χ1v) is 23.0. The van der Waals surface area contributed by atoms with E-state index < -0.39 is 54.2 Å². The first kappa shape index (κ1) is 50.2. The number of amides is 5. The largest absolute Gasteiger partial charge is 0.492 e. The van der Waals surface area contributed by atoms with Crippen molar-refractivity contribution in [1.82, 2.24) is 46.8 Å². The van der Waals surface area contributed by atoms with Crippen molar-refractivity contribution >= 4 is 29.5 Å². The van der Waals surface area contributed by atoms with Gasteiger partial charge >= 0.3 is 0 Å². The Balaban J connectivity index is 1.34. The summed E-state index contributed by atoms with van der Waals surface area (Å²) in [6.45, 7) is 2.67. The van der Waals surface area contributed by atoms with E-state index in [1.807, 2.05) is 12.1 Å². The van der Waals surface area contributed by atoms with E-state index in [1.165, 1.54) is 17.5 Å². The van der Waals surface area contributed by atoms with Crippen LogP contribution in [0.5, 0.6) is 11.5 Å². The monoisotopic (exact) mass is 930 g/mol. The van der Waals surface area contributed by atoms with Crippen LogP contribution < -0.4 is 47.9 Å². The molecule has 4 bridgehead atoms. The minimum absolute atomic E-state index is 0.0366. The molecule has 0 aliphatic carbocycles. The number of rotatable bonds is 21. The summed E-state index contributed by atoms with van der Waals surface area (Å²) in [6.07, 6.45) is 4.62. The number of nitrogens with one attached hydrogen (secondary N) is 5. The molecular formula is C49H62N12O7. The summed E-state index contributed by atoms with van der Waals surface area (Å²) in [5.41, 5.74) is 23.2. The number of carbonyl (C=O) groups is 5. The predicted octanol–water partition coefficient (Wildman–Crippen LogP) is 2.45. The lowest BCUT2D eigenvalue weighted by molar-refractivity contribution is -0.141. The summed E-state index contributed by atoms with van der Waals surface area (Å²) in [5.74, 6) is -1.90. The number of nitrogens with two attached hydrogens (primary N) is 3. The van der Waals surface area contributed by atoms with E-state index in [0.717, 1.165) is 30.4 Å². The van der Waals surface area contributed by atoms with Crippen LogP contribution in [0.25, 0.3) is 22.3 Å². The van der Waals surface area contributed by atoms with Crippen LogP contribution in [0, 0.1) is 0 Å². The zero-order chi connectivity index (χ0) is 48.4. The number of aromatic nitrogens is 4. The highest BCUT2D eigenvalue weighted by Crippen LogP contribution is 2.40. The number of aromatic amines is 1. The van der Waals surface area contributed by atoms with Gasteiger partial charge in [-0.1, -0.05) is 67.1 Å². The first-order chi connectivity index (χ1) is 33.0. The van der Waals surface area contributed by atoms with Gasteiger partial charge in [-0.25, -0.2) is 0 Å². The fourth-order valence-corrected chi connectivity index (χ4v) is 7.91. The summed E-state index contributed by atoms with van der Waals surface area (Å²) in [4.78, 5) is 71.8. The minimum atomic E-state index is -1.34. The molecule has 19 nitrogen and oxygen atoms in total. The van der Waals surface area contributed by atoms with Crippen LogP contribution in [0.1, 0.15) is 77.9 Å². The highest BCUT2D eigenvalue weighted by atomic mass is 16.5. The van der Waals surface area contributed by atoms with E-state index in [0.29, 0.717) is 58.7 Å². The van der Waals surface area contributed by atoms with Gasteiger partial charge in [0, 0.05) is 43.2 Å². The molecule has 0 radical (unpaired) electrons. The predicted molar refractivity (Wildman–Crippen MR) is 256 cm³/mol. The molecule has 360 valence electrons. The molecule has 0 unspecified atom stereocenters. The fraction of sp³-hybridized carbons (Fsp3) is 0.388. The van der Waals surface area contributed by atoms with Crippen LogP contribution in [0.4, 0.5) is 0 Å².